The number of halogens is 1. The number of aldehydes is 1. The summed E-state index contributed by atoms with van der Waals surface area (Å²) < 4.78 is 21.6. The summed E-state index contributed by atoms with van der Waals surface area (Å²) in [5.74, 6) is 0.953. The number of benzene rings is 2. The summed E-state index contributed by atoms with van der Waals surface area (Å²) in [5, 5.41) is 0. The van der Waals surface area contributed by atoms with Crippen LogP contribution in [0.5, 0.6) is 11.5 Å². The molecular weight excluding hydrogens is 364 g/mol. The van der Waals surface area contributed by atoms with Crippen LogP contribution in [0.1, 0.15) is 10.4 Å². The average Bonchev–Trinajstić information content (AvgIpc) is 2.59. The van der Waals surface area contributed by atoms with Gasteiger partial charge in [0, 0.05) is 31.4 Å². The quantitative estimate of drug-likeness (QED) is 0.513. The van der Waals surface area contributed by atoms with Crippen LogP contribution in [0, 0.1) is 0 Å². The van der Waals surface area contributed by atoms with Crippen LogP contribution in [0.4, 0.5) is 0 Å². The lowest BCUT2D eigenvalue weighted by Crippen LogP contribution is -2.06. The highest BCUT2D eigenvalue weighted by atomic mass is 79.9. The number of carbonyl (C=O) groups excluding carboxylic acids is 1. The molecule has 122 valence electrons. The highest BCUT2D eigenvalue weighted by Gasteiger charge is 2.20. The summed E-state index contributed by atoms with van der Waals surface area (Å²) in [6.45, 7) is 0.120. The van der Waals surface area contributed by atoms with Crippen molar-refractivity contribution in [2.75, 3.05) is 27.8 Å². The van der Waals surface area contributed by atoms with Gasteiger partial charge >= 0.3 is 0 Å². The summed E-state index contributed by atoms with van der Waals surface area (Å²) in [6.07, 6.45) is 0.770. The molecule has 23 heavy (non-hydrogen) atoms. The van der Waals surface area contributed by atoms with Crippen LogP contribution in [-0.4, -0.2) is 34.1 Å². The molecule has 0 unspecified atom stereocenters. The SMILES string of the molecule is COCOc1cc(OCOC)c(-c2ccccc2)c(C=O)c1Br. The summed E-state index contributed by atoms with van der Waals surface area (Å²) in [6, 6.07) is 11.2. The standard InChI is InChI=1S/C17H17BrO5/c1-20-10-22-14-8-15(23-11-21-2)17(18)13(9-19)16(14)12-6-4-3-5-7-12/h3-9H,10-11H2,1-2H3. The van der Waals surface area contributed by atoms with E-state index < -0.39 is 0 Å². The monoisotopic (exact) mass is 380 g/mol. The van der Waals surface area contributed by atoms with Gasteiger partial charge in [-0.05, 0) is 21.5 Å². The molecule has 0 saturated heterocycles. The van der Waals surface area contributed by atoms with E-state index >= 15 is 0 Å². The fourth-order valence-electron chi connectivity index (χ4n) is 2.11. The second kappa shape index (κ2) is 8.67. The minimum absolute atomic E-state index is 0.0590. The number of rotatable bonds is 8. The molecule has 0 atom stereocenters. The Balaban J connectivity index is 2.61. The van der Waals surface area contributed by atoms with Gasteiger partial charge in [0.1, 0.15) is 11.5 Å². The van der Waals surface area contributed by atoms with E-state index in [0.717, 1.165) is 11.8 Å². The Morgan fingerprint density at radius 1 is 1.00 bits per heavy atom. The first-order valence-corrected chi connectivity index (χ1v) is 7.62. The van der Waals surface area contributed by atoms with Crippen LogP contribution >= 0.6 is 15.9 Å². The molecular formula is C17H17BrO5. The van der Waals surface area contributed by atoms with Crippen molar-refractivity contribution in [2.24, 2.45) is 0 Å². The summed E-state index contributed by atoms with van der Waals surface area (Å²) >= 11 is 3.42. The Hall–Kier alpha value is -1.89. The molecule has 6 heteroatoms. The van der Waals surface area contributed by atoms with Gasteiger partial charge in [0.15, 0.2) is 19.9 Å². The zero-order valence-corrected chi connectivity index (χ0v) is 14.5. The van der Waals surface area contributed by atoms with E-state index in [0.29, 0.717) is 27.1 Å². The number of methoxy groups -OCH3 is 2. The molecule has 0 amide bonds. The van der Waals surface area contributed by atoms with Crippen LogP contribution in [-0.2, 0) is 9.47 Å². The van der Waals surface area contributed by atoms with Gasteiger partial charge in [-0.25, -0.2) is 0 Å². The van der Waals surface area contributed by atoms with Crippen LogP contribution in [0.2, 0.25) is 0 Å². The van der Waals surface area contributed by atoms with Crippen molar-refractivity contribution < 1.29 is 23.7 Å². The molecule has 0 bridgehead atoms. The number of hydrogen-bond acceptors (Lipinski definition) is 5. The maximum absolute atomic E-state index is 11.7. The Morgan fingerprint density at radius 3 is 2.17 bits per heavy atom. The van der Waals surface area contributed by atoms with Crippen LogP contribution < -0.4 is 9.47 Å². The third kappa shape index (κ3) is 4.10. The van der Waals surface area contributed by atoms with Crippen LogP contribution in [0.25, 0.3) is 11.1 Å². The lowest BCUT2D eigenvalue weighted by molar-refractivity contribution is 0.0458. The van der Waals surface area contributed by atoms with Gasteiger partial charge in [-0.1, -0.05) is 30.3 Å². The molecule has 5 nitrogen and oxygen atoms in total. The topological polar surface area (TPSA) is 54.0 Å². The molecule has 0 fully saturated rings. The largest absolute Gasteiger partial charge is 0.467 e. The Kier molecular flexibility index (Phi) is 6.58. The van der Waals surface area contributed by atoms with Crippen LogP contribution in [0.15, 0.2) is 40.9 Å². The fraction of sp³-hybridized carbons (Fsp3) is 0.235. The van der Waals surface area contributed by atoms with Crippen molar-refractivity contribution in [1.29, 1.82) is 0 Å². The zero-order chi connectivity index (χ0) is 16.7. The Labute approximate surface area is 143 Å². The normalized spacial score (nSPS) is 10.4. The van der Waals surface area contributed by atoms with Crippen molar-refractivity contribution in [3.63, 3.8) is 0 Å². The molecule has 0 spiro atoms. The summed E-state index contributed by atoms with van der Waals surface area (Å²) in [4.78, 5) is 11.7. The molecule has 0 saturated carbocycles. The van der Waals surface area contributed by atoms with E-state index in [1.165, 1.54) is 14.2 Å². The number of carbonyl (C=O) groups is 1. The van der Waals surface area contributed by atoms with Crippen molar-refractivity contribution in [3.05, 3.63) is 46.4 Å². The Morgan fingerprint density at radius 2 is 1.61 bits per heavy atom. The van der Waals surface area contributed by atoms with E-state index in [1.807, 2.05) is 30.3 Å². The summed E-state index contributed by atoms with van der Waals surface area (Å²) in [7, 11) is 3.05. The van der Waals surface area contributed by atoms with E-state index in [2.05, 4.69) is 15.9 Å². The number of hydrogen-bond donors (Lipinski definition) is 0. The first-order valence-electron chi connectivity index (χ1n) is 6.83. The van der Waals surface area contributed by atoms with Crippen LogP contribution in [0.3, 0.4) is 0 Å². The van der Waals surface area contributed by atoms with Crippen molar-refractivity contribution >= 4 is 22.2 Å². The lowest BCUT2D eigenvalue weighted by atomic mass is 9.99. The third-order valence-corrected chi connectivity index (χ3v) is 3.89. The van der Waals surface area contributed by atoms with Gasteiger partial charge in [-0.15, -0.1) is 0 Å². The van der Waals surface area contributed by atoms with E-state index in [1.54, 1.807) is 6.07 Å². The van der Waals surface area contributed by atoms with Crippen molar-refractivity contribution in [3.8, 4) is 22.6 Å². The summed E-state index contributed by atoms with van der Waals surface area (Å²) in [5.41, 5.74) is 1.98. The van der Waals surface area contributed by atoms with Gasteiger partial charge in [0.25, 0.3) is 0 Å². The molecule has 0 N–H and O–H groups in total. The van der Waals surface area contributed by atoms with Gasteiger partial charge in [-0.3, -0.25) is 4.79 Å². The van der Waals surface area contributed by atoms with E-state index in [-0.39, 0.29) is 13.6 Å². The maximum atomic E-state index is 11.7. The third-order valence-electron chi connectivity index (χ3n) is 3.08. The van der Waals surface area contributed by atoms with Crippen molar-refractivity contribution in [1.82, 2.24) is 0 Å². The molecule has 2 aromatic rings. The van der Waals surface area contributed by atoms with Crippen molar-refractivity contribution in [2.45, 2.75) is 0 Å². The molecule has 0 aliphatic heterocycles. The predicted octanol–water partition coefficient (Wildman–Crippen LogP) is 3.89. The molecule has 0 aliphatic carbocycles. The molecule has 2 rings (SSSR count). The maximum Gasteiger partial charge on any atom is 0.188 e. The van der Waals surface area contributed by atoms with Gasteiger partial charge in [0.2, 0.25) is 0 Å². The predicted molar refractivity (Wildman–Crippen MR) is 90.0 cm³/mol. The first-order chi connectivity index (χ1) is 11.2. The average molecular weight is 381 g/mol. The first kappa shape index (κ1) is 17.5. The fourth-order valence-corrected chi connectivity index (χ4v) is 2.63. The second-order valence-corrected chi connectivity index (χ2v) is 5.35. The molecule has 2 aromatic carbocycles. The van der Waals surface area contributed by atoms with E-state index in [4.69, 9.17) is 18.9 Å². The minimum atomic E-state index is 0.0590. The zero-order valence-electron chi connectivity index (χ0n) is 12.9. The van der Waals surface area contributed by atoms with Gasteiger partial charge in [-0.2, -0.15) is 0 Å². The molecule has 0 heterocycles. The van der Waals surface area contributed by atoms with Gasteiger partial charge in [0.05, 0.1) is 4.47 Å². The second-order valence-electron chi connectivity index (χ2n) is 4.56. The molecule has 0 radical (unpaired) electrons. The number of ether oxygens (including phenoxy) is 4. The highest BCUT2D eigenvalue weighted by Crippen LogP contribution is 2.42. The molecule has 0 aliphatic rings. The Bertz CT molecular complexity index is 658. The smallest absolute Gasteiger partial charge is 0.188 e. The molecule has 0 aromatic heterocycles. The van der Waals surface area contributed by atoms with E-state index in [9.17, 15) is 4.79 Å². The minimum Gasteiger partial charge on any atom is -0.467 e. The van der Waals surface area contributed by atoms with Gasteiger partial charge < -0.3 is 18.9 Å². The highest BCUT2D eigenvalue weighted by molar-refractivity contribution is 9.10. The lowest BCUT2D eigenvalue weighted by Gasteiger charge is -2.17.